The molecular formula is C19H21BrO2. The van der Waals surface area contributed by atoms with Crippen LogP contribution in [0.25, 0.3) is 0 Å². The van der Waals surface area contributed by atoms with Crippen LogP contribution >= 0.6 is 15.9 Å². The van der Waals surface area contributed by atoms with Crippen molar-refractivity contribution in [2.75, 3.05) is 7.11 Å². The summed E-state index contributed by atoms with van der Waals surface area (Å²) in [6.07, 6.45) is 0.909. The van der Waals surface area contributed by atoms with Gasteiger partial charge in [-0.15, -0.1) is 0 Å². The maximum absolute atomic E-state index is 12.3. The molecule has 0 amide bonds. The summed E-state index contributed by atoms with van der Waals surface area (Å²) in [4.78, 5) is 12.3. The van der Waals surface area contributed by atoms with Crippen molar-refractivity contribution < 1.29 is 9.53 Å². The van der Waals surface area contributed by atoms with Gasteiger partial charge in [-0.2, -0.15) is 0 Å². The Morgan fingerprint density at radius 2 is 1.82 bits per heavy atom. The first-order chi connectivity index (χ1) is 10.6. The molecule has 0 aromatic heterocycles. The maximum Gasteiger partial charge on any atom is 0.137 e. The van der Waals surface area contributed by atoms with Crippen LogP contribution in [-0.4, -0.2) is 12.9 Å². The smallest absolute Gasteiger partial charge is 0.137 e. The molecule has 116 valence electrons. The number of methoxy groups -OCH3 is 1. The van der Waals surface area contributed by atoms with E-state index in [9.17, 15) is 4.79 Å². The van der Waals surface area contributed by atoms with E-state index >= 15 is 0 Å². The molecule has 0 fully saturated rings. The first-order valence-electron chi connectivity index (χ1n) is 7.46. The van der Waals surface area contributed by atoms with Gasteiger partial charge in [0, 0.05) is 10.4 Å². The van der Waals surface area contributed by atoms with Gasteiger partial charge in [0.15, 0.2) is 0 Å². The lowest BCUT2D eigenvalue weighted by Crippen LogP contribution is -2.18. The van der Waals surface area contributed by atoms with Crippen molar-refractivity contribution in [2.24, 2.45) is 0 Å². The fourth-order valence-corrected chi connectivity index (χ4v) is 3.38. The Hall–Kier alpha value is -1.61. The zero-order chi connectivity index (χ0) is 16.1. The SMILES string of the molecule is CC[C@H](c1cccc(Br)c1)[C@@H](C(C)=O)c1ccc(OC)cc1. The lowest BCUT2D eigenvalue weighted by atomic mass is 9.78. The topological polar surface area (TPSA) is 26.3 Å². The van der Waals surface area contributed by atoms with Crippen LogP contribution in [0.2, 0.25) is 0 Å². The third-order valence-electron chi connectivity index (χ3n) is 4.03. The van der Waals surface area contributed by atoms with Crippen LogP contribution in [0.4, 0.5) is 0 Å². The van der Waals surface area contributed by atoms with Gasteiger partial charge in [0.1, 0.15) is 11.5 Å². The number of benzene rings is 2. The highest BCUT2D eigenvalue weighted by Crippen LogP contribution is 2.37. The molecule has 2 aromatic rings. The second-order valence-electron chi connectivity index (χ2n) is 5.43. The van der Waals surface area contributed by atoms with Crippen molar-refractivity contribution in [2.45, 2.75) is 32.1 Å². The minimum atomic E-state index is -0.134. The van der Waals surface area contributed by atoms with Crippen molar-refractivity contribution in [3.63, 3.8) is 0 Å². The van der Waals surface area contributed by atoms with E-state index in [-0.39, 0.29) is 17.6 Å². The molecule has 2 rings (SSSR count). The Labute approximate surface area is 140 Å². The Kier molecular flexibility index (Phi) is 5.78. The molecule has 0 bridgehead atoms. The largest absolute Gasteiger partial charge is 0.497 e. The summed E-state index contributed by atoms with van der Waals surface area (Å²) < 4.78 is 6.25. The number of Topliss-reactive ketones (excluding diaryl/α,β-unsaturated/α-hetero) is 1. The zero-order valence-corrected chi connectivity index (χ0v) is 14.8. The van der Waals surface area contributed by atoms with Crippen LogP contribution in [0.1, 0.15) is 43.2 Å². The third kappa shape index (κ3) is 3.77. The van der Waals surface area contributed by atoms with E-state index in [1.54, 1.807) is 14.0 Å². The Morgan fingerprint density at radius 3 is 2.32 bits per heavy atom. The first-order valence-corrected chi connectivity index (χ1v) is 8.26. The van der Waals surface area contributed by atoms with E-state index in [1.807, 2.05) is 36.4 Å². The number of hydrogen-bond acceptors (Lipinski definition) is 2. The van der Waals surface area contributed by atoms with E-state index < -0.39 is 0 Å². The molecule has 0 aliphatic heterocycles. The predicted octanol–water partition coefficient (Wildman–Crippen LogP) is 5.32. The standard InChI is InChI=1S/C19H21BrO2/c1-4-18(15-6-5-7-16(20)12-15)19(13(2)21)14-8-10-17(22-3)11-9-14/h5-12,18-19H,4H2,1-3H3/t18-,19+/m1/s1. The van der Waals surface area contributed by atoms with Crippen molar-refractivity contribution in [3.05, 3.63) is 64.1 Å². The van der Waals surface area contributed by atoms with Gasteiger partial charge in [0.25, 0.3) is 0 Å². The van der Waals surface area contributed by atoms with Crippen LogP contribution in [0, 0.1) is 0 Å². The normalized spacial score (nSPS) is 13.5. The van der Waals surface area contributed by atoms with Crippen LogP contribution in [0.3, 0.4) is 0 Å². The number of rotatable bonds is 6. The number of hydrogen-bond donors (Lipinski definition) is 0. The molecular weight excluding hydrogens is 340 g/mol. The van der Waals surface area contributed by atoms with Gasteiger partial charge in [0.05, 0.1) is 7.11 Å². The minimum Gasteiger partial charge on any atom is -0.497 e. The number of ketones is 1. The summed E-state index contributed by atoms with van der Waals surface area (Å²) in [5, 5.41) is 0. The monoisotopic (exact) mass is 360 g/mol. The van der Waals surface area contributed by atoms with Crippen molar-refractivity contribution in [1.29, 1.82) is 0 Å². The highest BCUT2D eigenvalue weighted by Gasteiger charge is 2.27. The second kappa shape index (κ2) is 7.59. The maximum atomic E-state index is 12.3. The summed E-state index contributed by atoms with van der Waals surface area (Å²) in [5.41, 5.74) is 2.23. The molecule has 0 heterocycles. The van der Waals surface area contributed by atoms with Crippen molar-refractivity contribution >= 4 is 21.7 Å². The molecule has 22 heavy (non-hydrogen) atoms. The molecule has 2 aromatic carbocycles. The number of ether oxygens (including phenoxy) is 1. The average Bonchev–Trinajstić information content (AvgIpc) is 2.52. The van der Waals surface area contributed by atoms with E-state index in [0.717, 1.165) is 22.2 Å². The molecule has 0 N–H and O–H groups in total. The highest BCUT2D eigenvalue weighted by molar-refractivity contribution is 9.10. The van der Waals surface area contributed by atoms with Crippen LogP contribution in [-0.2, 0) is 4.79 Å². The van der Waals surface area contributed by atoms with Gasteiger partial charge in [-0.3, -0.25) is 4.79 Å². The van der Waals surface area contributed by atoms with Gasteiger partial charge in [0.2, 0.25) is 0 Å². The Bertz CT molecular complexity index is 634. The summed E-state index contributed by atoms with van der Waals surface area (Å²) in [6.45, 7) is 3.81. The fourth-order valence-electron chi connectivity index (χ4n) is 2.96. The molecule has 2 nitrogen and oxygen atoms in total. The lowest BCUT2D eigenvalue weighted by Gasteiger charge is -2.25. The summed E-state index contributed by atoms with van der Waals surface area (Å²) >= 11 is 3.52. The minimum absolute atomic E-state index is 0.134. The molecule has 0 unspecified atom stereocenters. The van der Waals surface area contributed by atoms with Crippen molar-refractivity contribution in [1.82, 2.24) is 0 Å². The molecule has 0 spiro atoms. The molecule has 3 heteroatoms. The van der Waals surface area contributed by atoms with Gasteiger partial charge in [-0.1, -0.05) is 47.1 Å². The Morgan fingerprint density at radius 1 is 1.14 bits per heavy atom. The van der Waals surface area contributed by atoms with Crippen molar-refractivity contribution in [3.8, 4) is 5.75 Å². The van der Waals surface area contributed by atoms with Gasteiger partial charge in [-0.25, -0.2) is 0 Å². The zero-order valence-electron chi connectivity index (χ0n) is 13.2. The predicted molar refractivity (Wildman–Crippen MR) is 93.6 cm³/mol. The van der Waals surface area contributed by atoms with Crippen LogP contribution < -0.4 is 4.74 Å². The fraction of sp³-hybridized carbons (Fsp3) is 0.316. The van der Waals surface area contributed by atoms with E-state index in [0.29, 0.717) is 0 Å². The number of carbonyl (C=O) groups excluding carboxylic acids is 1. The van der Waals surface area contributed by atoms with Gasteiger partial charge < -0.3 is 4.74 Å². The molecule has 0 radical (unpaired) electrons. The van der Waals surface area contributed by atoms with Crippen LogP contribution in [0.15, 0.2) is 53.0 Å². The van der Waals surface area contributed by atoms with E-state index in [4.69, 9.17) is 4.74 Å². The molecule has 0 aliphatic carbocycles. The molecule has 0 aliphatic rings. The number of halogens is 1. The molecule has 0 saturated carbocycles. The van der Waals surface area contributed by atoms with Gasteiger partial charge >= 0.3 is 0 Å². The second-order valence-corrected chi connectivity index (χ2v) is 6.35. The number of carbonyl (C=O) groups is 1. The highest BCUT2D eigenvalue weighted by atomic mass is 79.9. The lowest BCUT2D eigenvalue weighted by molar-refractivity contribution is -0.118. The summed E-state index contributed by atoms with van der Waals surface area (Å²) in [6, 6.07) is 16.0. The summed E-state index contributed by atoms with van der Waals surface area (Å²) in [5.74, 6) is 1.03. The van der Waals surface area contributed by atoms with E-state index in [2.05, 4.69) is 35.0 Å². The Balaban J connectivity index is 2.41. The van der Waals surface area contributed by atoms with Crippen LogP contribution in [0.5, 0.6) is 5.75 Å². The van der Waals surface area contributed by atoms with Gasteiger partial charge in [-0.05, 0) is 54.7 Å². The molecule has 2 atom stereocenters. The molecule has 0 saturated heterocycles. The third-order valence-corrected chi connectivity index (χ3v) is 4.53. The first kappa shape index (κ1) is 16.8. The quantitative estimate of drug-likeness (QED) is 0.696. The van der Waals surface area contributed by atoms with E-state index in [1.165, 1.54) is 5.56 Å². The summed E-state index contributed by atoms with van der Waals surface area (Å²) in [7, 11) is 1.65. The average molecular weight is 361 g/mol.